The zero-order chi connectivity index (χ0) is 37.9. The van der Waals surface area contributed by atoms with Gasteiger partial charge in [-0.2, -0.15) is 0 Å². The first kappa shape index (κ1) is 43.8. The summed E-state index contributed by atoms with van der Waals surface area (Å²) in [6.45, 7) is 16.5. The van der Waals surface area contributed by atoms with E-state index >= 15 is 0 Å². The van der Waals surface area contributed by atoms with Crippen LogP contribution in [0.3, 0.4) is 0 Å². The van der Waals surface area contributed by atoms with Gasteiger partial charge in [-0.3, -0.25) is 0 Å². The quantitative estimate of drug-likeness (QED) is 0.0890. The van der Waals surface area contributed by atoms with Crippen molar-refractivity contribution in [3.8, 4) is 0 Å². The second-order valence-electron chi connectivity index (χ2n) is 14.5. The molecule has 14 atom stereocenters. The van der Waals surface area contributed by atoms with Gasteiger partial charge < -0.3 is 39.4 Å². The highest BCUT2D eigenvalue weighted by atomic mass is 17.1. The largest absolute Gasteiger partial charge is 0.490 e. The van der Waals surface area contributed by atoms with Crippen molar-refractivity contribution in [3.05, 3.63) is 59.4 Å². The Labute approximate surface area is 299 Å². The van der Waals surface area contributed by atoms with Gasteiger partial charge in [0.1, 0.15) is 12.2 Å². The standard InChI is InChI=1S/C39H64O11/c1-12-15-31-26(7)30(40)21-39(49-31,50-45)28(9)36(43)27(8)37-32(46-10)17-14-16-22(3)18-24(5)34(41)29(13-2)35(42)25(6)19-23(4)20-33(47-11)38(44)48-37/h12,14-17,19-20,24-32,34-37,40-43,45H,13,18,21H2,1-11H3/b15-12+,17-14+,22-16+,23-19+,33-20-/t24-,25-,26+,27+,28+,29+,30-,31-,32+,34+,35-,36-,37-,39+/m1/s1. The van der Waals surface area contributed by atoms with Gasteiger partial charge in [0.25, 0.3) is 0 Å². The molecular formula is C39H64O11. The molecule has 1 saturated heterocycles. The number of aliphatic hydroxyl groups excluding tert-OH is 4. The van der Waals surface area contributed by atoms with E-state index in [0.717, 1.165) is 5.57 Å². The van der Waals surface area contributed by atoms with E-state index in [1.165, 1.54) is 20.3 Å². The number of carbonyl (C=O) groups excluding carboxylic acids is 1. The van der Waals surface area contributed by atoms with Crippen molar-refractivity contribution < 1.29 is 54.3 Å². The molecule has 0 unspecified atom stereocenters. The minimum absolute atomic E-state index is 0.103. The third-order valence-corrected chi connectivity index (χ3v) is 10.7. The molecule has 0 radical (unpaired) electrons. The Morgan fingerprint density at radius 2 is 1.76 bits per heavy atom. The van der Waals surface area contributed by atoms with Crippen LogP contribution in [-0.4, -0.2) is 94.4 Å². The van der Waals surface area contributed by atoms with Crippen LogP contribution < -0.4 is 0 Å². The molecule has 0 bridgehead atoms. The Bertz CT molecular complexity index is 1220. The molecule has 50 heavy (non-hydrogen) atoms. The molecule has 0 aromatic carbocycles. The predicted octanol–water partition coefficient (Wildman–Crippen LogP) is 5.50. The molecule has 0 aromatic rings. The minimum Gasteiger partial charge on any atom is -0.490 e. The van der Waals surface area contributed by atoms with Crippen LogP contribution in [0, 0.1) is 35.5 Å². The molecule has 0 aliphatic carbocycles. The van der Waals surface area contributed by atoms with Crippen molar-refractivity contribution in [2.75, 3.05) is 14.2 Å². The second kappa shape index (κ2) is 20.0. The number of cyclic esters (lactones) is 1. The first-order valence-corrected chi connectivity index (χ1v) is 17.9. The first-order valence-electron chi connectivity index (χ1n) is 17.9. The van der Waals surface area contributed by atoms with Gasteiger partial charge in [0.15, 0.2) is 0 Å². The zero-order valence-electron chi connectivity index (χ0n) is 31.9. The van der Waals surface area contributed by atoms with Gasteiger partial charge in [0.05, 0.1) is 37.6 Å². The van der Waals surface area contributed by atoms with Crippen LogP contribution in [0.5, 0.6) is 0 Å². The van der Waals surface area contributed by atoms with Gasteiger partial charge in [0.2, 0.25) is 11.5 Å². The normalized spacial score (nSPS) is 41.2. The molecule has 2 rings (SSSR count). The van der Waals surface area contributed by atoms with Crippen LogP contribution in [0.2, 0.25) is 0 Å². The summed E-state index contributed by atoms with van der Waals surface area (Å²) in [6.07, 6.45) is 7.11. The Balaban J connectivity index is 2.62. The first-order chi connectivity index (χ1) is 23.5. The fraction of sp³-hybridized carbons (Fsp3) is 0.718. The van der Waals surface area contributed by atoms with Gasteiger partial charge in [-0.1, -0.05) is 89.1 Å². The van der Waals surface area contributed by atoms with E-state index in [0.29, 0.717) is 18.4 Å². The number of ether oxygens (including phenoxy) is 4. The molecule has 11 nitrogen and oxygen atoms in total. The fourth-order valence-corrected chi connectivity index (χ4v) is 7.30. The van der Waals surface area contributed by atoms with Crippen molar-refractivity contribution in [2.24, 2.45) is 35.5 Å². The molecule has 0 amide bonds. The van der Waals surface area contributed by atoms with E-state index in [2.05, 4.69) is 0 Å². The minimum atomic E-state index is -1.76. The molecule has 2 heterocycles. The fourth-order valence-electron chi connectivity index (χ4n) is 7.30. The van der Waals surface area contributed by atoms with Crippen LogP contribution in [0.25, 0.3) is 0 Å². The lowest BCUT2D eigenvalue weighted by Gasteiger charge is -2.48. The highest BCUT2D eigenvalue weighted by molar-refractivity contribution is 5.87. The summed E-state index contributed by atoms with van der Waals surface area (Å²) in [5.41, 5.74) is 1.63. The lowest BCUT2D eigenvalue weighted by Crippen LogP contribution is -2.59. The van der Waals surface area contributed by atoms with Crippen LogP contribution in [0.15, 0.2) is 59.4 Å². The van der Waals surface area contributed by atoms with E-state index in [4.69, 9.17) is 23.8 Å². The topological polar surface area (TPSA) is 164 Å². The lowest BCUT2D eigenvalue weighted by molar-refractivity contribution is -0.450. The van der Waals surface area contributed by atoms with Crippen LogP contribution >= 0.6 is 0 Å². The summed E-state index contributed by atoms with van der Waals surface area (Å²) in [5, 5.41) is 55.5. The van der Waals surface area contributed by atoms with Gasteiger partial charge in [0, 0.05) is 43.1 Å². The number of esters is 1. The summed E-state index contributed by atoms with van der Waals surface area (Å²) in [5.74, 6) is -5.52. The molecule has 0 saturated carbocycles. The zero-order valence-corrected chi connectivity index (χ0v) is 31.9. The van der Waals surface area contributed by atoms with Crippen molar-refractivity contribution in [2.45, 2.75) is 130 Å². The Kier molecular flexibility index (Phi) is 17.6. The van der Waals surface area contributed by atoms with Crippen LogP contribution in [0.4, 0.5) is 0 Å². The van der Waals surface area contributed by atoms with Crippen molar-refractivity contribution in [3.63, 3.8) is 0 Å². The molecule has 1 fully saturated rings. The van der Waals surface area contributed by atoms with Crippen LogP contribution in [-0.2, 0) is 28.6 Å². The average Bonchev–Trinajstić information content (AvgIpc) is 3.08. The van der Waals surface area contributed by atoms with E-state index < -0.39 is 66.3 Å². The molecule has 0 aromatic heterocycles. The van der Waals surface area contributed by atoms with Gasteiger partial charge in [-0.15, -0.1) is 0 Å². The SMILES string of the molecule is C/C=C/[C@H]1O[C@@](OO)([C@@H](C)[C@H](O)[C@H](C)[C@H]2OC(=O)/C(OC)=C/C(C)=C/[C@@H](C)[C@@H](O)[C@@H](CC)[C@@H](O)[C@H](C)C/C(C)=C/C=C/[C@@H]2OC)C[C@@H](O)[C@@H]1C. The smallest absolute Gasteiger partial charge is 0.373 e. The number of aliphatic hydroxyl groups is 4. The summed E-state index contributed by atoms with van der Waals surface area (Å²) < 4.78 is 23.6. The number of rotatable bonds is 9. The molecule has 286 valence electrons. The average molecular weight is 709 g/mol. The Morgan fingerprint density at radius 3 is 2.32 bits per heavy atom. The van der Waals surface area contributed by atoms with E-state index in [1.807, 2.05) is 53.7 Å². The van der Waals surface area contributed by atoms with E-state index in [9.17, 15) is 30.5 Å². The van der Waals surface area contributed by atoms with Crippen molar-refractivity contribution in [1.82, 2.24) is 0 Å². The number of hydrogen-bond donors (Lipinski definition) is 5. The maximum atomic E-state index is 13.7. The van der Waals surface area contributed by atoms with Crippen LogP contribution in [0.1, 0.15) is 81.6 Å². The second-order valence-corrected chi connectivity index (χ2v) is 14.5. The number of carbonyl (C=O) groups is 1. The highest BCUT2D eigenvalue weighted by Gasteiger charge is 2.53. The maximum Gasteiger partial charge on any atom is 0.373 e. The Morgan fingerprint density at radius 1 is 1.10 bits per heavy atom. The molecule has 11 heteroatoms. The third kappa shape index (κ3) is 10.8. The molecular weight excluding hydrogens is 644 g/mol. The number of allylic oxidation sites excluding steroid dienone is 6. The summed E-state index contributed by atoms with van der Waals surface area (Å²) in [6, 6.07) is 0. The Hall–Kier alpha value is -2.35. The predicted molar refractivity (Wildman–Crippen MR) is 191 cm³/mol. The molecule has 2 aliphatic heterocycles. The summed E-state index contributed by atoms with van der Waals surface area (Å²) >= 11 is 0. The van der Waals surface area contributed by atoms with Crippen molar-refractivity contribution in [1.29, 1.82) is 0 Å². The van der Waals surface area contributed by atoms with Gasteiger partial charge in [-0.25, -0.2) is 14.9 Å². The van der Waals surface area contributed by atoms with Crippen molar-refractivity contribution >= 4 is 5.97 Å². The van der Waals surface area contributed by atoms with Gasteiger partial charge in [-0.05, 0) is 45.6 Å². The lowest BCUT2D eigenvalue weighted by atomic mass is 9.77. The number of methoxy groups -OCH3 is 2. The molecule has 5 N–H and O–H groups in total. The summed E-state index contributed by atoms with van der Waals surface area (Å²) in [4.78, 5) is 18.7. The third-order valence-electron chi connectivity index (χ3n) is 10.7. The highest BCUT2D eigenvalue weighted by Crippen LogP contribution is 2.42. The molecule has 2 aliphatic rings. The number of hydrogen-bond acceptors (Lipinski definition) is 11. The van der Waals surface area contributed by atoms with E-state index in [1.54, 1.807) is 45.1 Å². The van der Waals surface area contributed by atoms with Gasteiger partial charge >= 0.3 is 5.97 Å². The monoisotopic (exact) mass is 708 g/mol. The van der Waals surface area contributed by atoms with E-state index in [-0.39, 0.29) is 35.9 Å². The summed E-state index contributed by atoms with van der Waals surface area (Å²) in [7, 11) is 2.82. The molecule has 0 spiro atoms. The maximum absolute atomic E-state index is 13.7.